The van der Waals surface area contributed by atoms with E-state index in [0.29, 0.717) is 22.5 Å². The van der Waals surface area contributed by atoms with Crippen molar-refractivity contribution in [3.05, 3.63) is 64.6 Å². The minimum absolute atomic E-state index is 0.0682. The Morgan fingerprint density at radius 2 is 2.11 bits per heavy atom. The van der Waals surface area contributed by atoms with E-state index in [1.54, 1.807) is 6.92 Å². The summed E-state index contributed by atoms with van der Waals surface area (Å²) in [5.74, 6) is -4.96. The highest BCUT2D eigenvalue weighted by atomic mass is 35.5. The summed E-state index contributed by atoms with van der Waals surface area (Å²) in [5.41, 5.74) is 1.30. The van der Waals surface area contributed by atoms with Crippen molar-refractivity contribution >= 4 is 29.2 Å². The van der Waals surface area contributed by atoms with Gasteiger partial charge in [-0.15, -0.1) is 0 Å². The first-order valence-corrected chi connectivity index (χ1v) is 10.8. The number of carbonyl (C=O) groups is 2. The fourth-order valence-corrected chi connectivity index (χ4v) is 3.75. The lowest BCUT2D eigenvalue weighted by Crippen LogP contribution is -2.34. The quantitative estimate of drug-likeness (QED) is 0.413. The van der Waals surface area contributed by atoms with E-state index in [0.717, 1.165) is 0 Å². The monoisotopic (exact) mass is 527 g/mol. The number of rotatable bonds is 9. The second-order valence-corrected chi connectivity index (χ2v) is 8.30. The van der Waals surface area contributed by atoms with Crippen LogP contribution in [-0.4, -0.2) is 50.6 Å². The lowest BCUT2D eigenvalue weighted by atomic mass is 10.1. The van der Waals surface area contributed by atoms with Crippen LogP contribution in [0.4, 0.5) is 23.4 Å². The predicted molar refractivity (Wildman–Crippen MR) is 117 cm³/mol. The summed E-state index contributed by atoms with van der Waals surface area (Å²) < 4.78 is 60.7. The molecular formula is C22H18ClF4N5O4. The topological polar surface area (TPSA) is 110 Å². The molecule has 0 fully saturated rings. The fourth-order valence-electron chi connectivity index (χ4n) is 3.52. The first-order valence-electron chi connectivity index (χ1n) is 10.5. The summed E-state index contributed by atoms with van der Waals surface area (Å²) in [6.07, 6.45) is 1.30. The largest absolute Gasteiger partial charge is 0.470 e. The van der Waals surface area contributed by atoms with Crippen molar-refractivity contribution in [1.82, 2.24) is 19.9 Å². The summed E-state index contributed by atoms with van der Waals surface area (Å²) in [7, 11) is 0. The number of hydrogen-bond acceptors (Lipinski definition) is 7. The molecule has 4 heterocycles. The molecule has 0 aromatic carbocycles. The number of hydrogen-bond donors (Lipinski definition) is 1. The number of ether oxygens (including phenoxy) is 1. The van der Waals surface area contributed by atoms with Gasteiger partial charge >= 0.3 is 12.3 Å². The number of oxazole rings is 1. The number of nitrogens with zero attached hydrogens (tertiary/aromatic N) is 4. The Bertz CT molecular complexity index is 1280. The van der Waals surface area contributed by atoms with E-state index in [1.807, 2.05) is 0 Å². The second-order valence-electron chi connectivity index (χ2n) is 7.89. The Morgan fingerprint density at radius 3 is 2.78 bits per heavy atom. The van der Waals surface area contributed by atoms with Gasteiger partial charge in [0.15, 0.2) is 13.0 Å². The molecule has 1 atom stereocenters. The molecule has 0 saturated heterocycles. The van der Waals surface area contributed by atoms with Gasteiger partial charge in [0.05, 0.1) is 25.2 Å². The van der Waals surface area contributed by atoms with Gasteiger partial charge in [0.2, 0.25) is 11.8 Å². The SMILES string of the molecule is CC(c1cnc(OCC(F)(F)C(F)F)c(Cl)c1)N1Cc2c(ccnc2NC(=O)Cc2cnco2)C1=O. The molecule has 1 N–H and O–H groups in total. The van der Waals surface area contributed by atoms with E-state index in [9.17, 15) is 27.2 Å². The molecule has 14 heteroatoms. The molecule has 2 amide bonds. The van der Waals surface area contributed by atoms with Crippen molar-refractivity contribution in [1.29, 1.82) is 0 Å². The lowest BCUT2D eigenvalue weighted by Gasteiger charge is -2.25. The first-order chi connectivity index (χ1) is 17.1. The zero-order valence-corrected chi connectivity index (χ0v) is 19.3. The molecule has 1 unspecified atom stereocenters. The zero-order valence-electron chi connectivity index (χ0n) is 18.6. The number of halogens is 5. The molecular weight excluding hydrogens is 510 g/mol. The number of anilines is 1. The minimum atomic E-state index is -4.36. The maximum Gasteiger partial charge on any atom is 0.340 e. The zero-order chi connectivity index (χ0) is 26.0. The molecule has 9 nitrogen and oxygen atoms in total. The lowest BCUT2D eigenvalue weighted by molar-refractivity contribution is -0.148. The Morgan fingerprint density at radius 1 is 1.33 bits per heavy atom. The van der Waals surface area contributed by atoms with E-state index < -0.39 is 36.8 Å². The summed E-state index contributed by atoms with van der Waals surface area (Å²) in [6.45, 7) is 0.208. The van der Waals surface area contributed by atoms with Gasteiger partial charge in [-0.3, -0.25) is 9.59 Å². The third-order valence-corrected chi connectivity index (χ3v) is 5.72. The number of aromatic nitrogens is 3. The number of carbonyl (C=O) groups excluding carboxylic acids is 2. The Balaban J connectivity index is 1.47. The Kier molecular flexibility index (Phi) is 7.11. The third kappa shape index (κ3) is 5.25. The van der Waals surface area contributed by atoms with Crippen molar-refractivity contribution < 1.29 is 36.3 Å². The molecule has 36 heavy (non-hydrogen) atoms. The number of amides is 2. The maximum atomic E-state index is 13.1. The van der Waals surface area contributed by atoms with Crippen molar-refractivity contribution in [3.8, 4) is 5.88 Å². The fraction of sp³-hybridized carbons (Fsp3) is 0.318. The van der Waals surface area contributed by atoms with Gasteiger partial charge in [-0.05, 0) is 24.6 Å². The predicted octanol–water partition coefficient (Wildman–Crippen LogP) is 4.30. The standard InChI is InChI=1S/C22H18ClF4N5O4/c1-11(12-4-16(23)19(30-6-12)35-9-22(26,27)21(24)25)32-8-15-14(20(32)34)2-3-29-18(15)31-17(33)5-13-7-28-10-36-13/h2-4,6-7,10-11,21H,5,8-9H2,1H3,(H,29,31,33). The molecule has 190 valence electrons. The highest BCUT2D eigenvalue weighted by Gasteiger charge is 2.42. The van der Waals surface area contributed by atoms with E-state index >= 15 is 0 Å². The number of fused-ring (bicyclic) bond motifs is 1. The second kappa shape index (κ2) is 10.1. The van der Waals surface area contributed by atoms with E-state index in [4.69, 9.17) is 16.0 Å². The van der Waals surface area contributed by atoms with Crippen LogP contribution in [0.25, 0.3) is 0 Å². The van der Waals surface area contributed by atoms with Crippen LogP contribution in [0.5, 0.6) is 5.88 Å². The minimum Gasteiger partial charge on any atom is -0.470 e. The van der Waals surface area contributed by atoms with Crippen LogP contribution in [0.3, 0.4) is 0 Å². The summed E-state index contributed by atoms with van der Waals surface area (Å²) in [6, 6.07) is 2.30. The van der Waals surface area contributed by atoms with E-state index in [-0.39, 0.29) is 29.7 Å². The van der Waals surface area contributed by atoms with Gasteiger partial charge in [-0.2, -0.15) is 8.78 Å². The van der Waals surface area contributed by atoms with Gasteiger partial charge in [-0.25, -0.2) is 23.7 Å². The highest BCUT2D eigenvalue weighted by Crippen LogP contribution is 2.36. The van der Waals surface area contributed by atoms with Crippen LogP contribution in [0.15, 0.2) is 41.5 Å². The molecule has 0 spiro atoms. The molecule has 0 radical (unpaired) electrons. The Hall–Kier alpha value is -3.74. The summed E-state index contributed by atoms with van der Waals surface area (Å²) >= 11 is 6.06. The van der Waals surface area contributed by atoms with Crippen molar-refractivity contribution in [3.63, 3.8) is 0 Å². The van der Waals surface area contributed by atoms with Crippen LogP contribution in [-0.2, 0) is 17.8 Å². The molecule has 1 aliphatic rings. The number of pyridine rings is 2. The molecule has 0 saturated carbocycles. The van der Waals surface area contributed by atoms with Crippen molar-refractivity contribution in [2.45, 2.75) is 38.3 Å². The van der Waals surface area contributed by atoms with Gasteiger partial charge < -0.3 is 19.4 Å². The van der Waals surface area contributed by atoms with Crippen LogP contribution in [0.1, 0.15) is 40.2 Å². The normalized spacial score (nSPS) is 14.2. The van der Waals surface area contributed by atoms with E-state index in [1.165, 1.54) is 42.0 Å². The van der Waals surface area contributed by atoms with Gasteiger partial charge in [0.25, 0.3) is 5.91 Å². The van der Waals surface area contributed by atoms with Crippen LogP contribution < -0.4 is 10.1 Å². The van der Waals surface area contributed by atoms with E-state index in [2.05, 4.69) is 25.0 Å². The first kappa shape index (κ1) is 25.4. The van der Waals surface area contributed by atoms with Crippen LogP contribution >= 0.6 is 11.6 Å². The van der Waals surface area contributed by atoms with Gasteiger partial charge in [0, 0.05) is 23.5 Å². The number of nitrogens with one attached hydrogen (secondary N) is 1. The summed E-state index contributed by atoms with van der Waals surface area (Å²) in [5, 5.41) is 2.49. The molecule has 1 aliphatic heterocycles. The Labute approximate surface area is 206 Å². The van der Waals surface area contributed by atoms with Gasteiger partial charge in [-0.1, -0.05) is 11.6 Å². The smallest absolute Gasteiger partial charge is 0.340 e. The average Bonchev–Trinajstić information content (AvgIpc) is 3.46. The molecule has 3 aromatic rings. The summed E-state index contributed by atoms with van der Waals surface area (Å²) in [4.78, 5) is 38.7. The molecule has 0 bridgehead atoms. The van der Waals surface area contributed by atoms with Crippen molar-refractivity contribution in [2.24, 2.45) is 0 Å². The van der Waals surface area contributed by atoms with Gasteiger partial charge in [0.1, 0.15) is 16.6 Å². The van der Waals surface area contributed by atoms with Crippen molar-refractivity contribution in [2.75, 3.05) is 11.9 Å². The van der Waals surface area contributed by atoms with Crippen LogP contribution in [0.2, 0.25) is 5.02 Å². The maximum absolute atomic E-state index is 13.1. The van der Waals surface area contributed by atoms with Crippen LogP contribution in [0, 0.1) is 0 Å². The third-order valence-electron chi connectivity index (χ3n) is 5.45. The molecule has 3 aromatic heterocycles. The highest BCUT2D eigenvalue weighted by molar-refractivity contribution is 6.31. The number of alkyl halides is 4. The molecule has 0 aliphatic carbocycles. The molecule has 4 rings (SSSR count). The average molecular weight is 528 g/mol.